The minimum absolute atomic E-state index is 0.296. The van der Waals surface area contributed by atoms with E-state index in [2.05, 4.69) is 166 Å². The molecule has 7 heteroatoms. The summed E-state index contributed by atoms with van der Waals surface area (Å²) in [5.74, 6) is 3.13. The van der Waals surface area contributed by atoms with Crippen molar-refractivity contribution >= 4 is 45.6 Å². The average molecular weight is 735 g/mol. The van der Waals surface area contributed by atoms with Gasteiger partial charge in [0.05, 0.1) is 34.7 Å². The van der Waals surface area contributed by atoms with E-state index >= 15 is 0 Å². The van der Waals surface area contributed by atoms with Crippen LogP contribution in [0.15, 0.2) is 206 Å². The summed E-state index contributed by atoms with van der Waals surface area (Å²) >= 11 is 0. The van der Waals surface area contributed by atoms with Crippen molar-refractivity contribution in [3.8, 4) is 45.3 Å². The van der Waals surface area contributed by atoms with E-state index in [1.807, 2.05) is 48.7 Å². The standard InChI is InChI=1S/C50H35BN4O2/c1-4-15-35(16-5-1)40-22-14-23-41(36-17-6-2-7-18-36)50(40)53-33-48-51(37-19-8-3-9-20-37)57-47-29-27-39(32-46(47)54(48)34-53)56-38-26-28-43-42-21-10-11-24-44(42)55(45(43)31-38)49-25-12-13-30-52-49/h1-33H,34H2. The predicted octanol–water partition coefficient (Wildman–Crippen LogP) is 11.3. The molecule has 0 atom stereocenters. The van der Waals surface area contributed by atoms with Crippen molar-refractivity contribution in [3.63, 3.8) is 0 Å². The molecule has 9 aromatic rings. The molecule has 2 aromatic heterocycles. The molecule has 0 saturated carbocycles. The molecule has 57 heavy (non-hydrogen) atoms. The van der Waals surface area contributed by atoms with Crippen LogP contribution in [0, 0.1) is 0 Å². The number of hydrogen-bond donors (Lipinski definition) is 0. The predicted molar refractivity (Wildman–Crippen MR) is 233 cm³/mol. The van der Waals surface area contributed by atoms with Gasteiger partial charge in [0.25, 0.3) is 0 Å². The molecule has 7 aromatic carbocycles. The molecule has 270 valence electrons. The van der Waals surface area contributed by atoms with Crippen LogP contribution in [-0.4, -0.2) is 23.1 Å². The highest BCUT2D eigenvalue weighted by Crippen LogP contribution is 2.47. The summed E-state index contributed by atoms with van der Waals surface area (Å²) in [4.78, 5) is 9.47. The van der Waals surface area contributed by atoms with Gasteiger partial charge >= 0.3 is 6.92 Å². The number of nitrogens with zero attached hydrogens (tertiary/aromatic N) is 4. The summed E-state index contributed by atoms with van der Waals surface area (Å²) in [5.41, 5.74) is 11.1. The van der Waals surface area contributed by atoms with Gasteiger partial charge in [-0.2, -0.15) is 0 Å². The maximum atomic E-state index is 6.90. The molecular formula is C50H35BN4O2. The molecule has 0 amide bonds. The molecule has 6 nitrogen and oxygen atoms in total. The summed E-state index contributed by atoms with van der Waals surface area (Å²) in [7, 11) is 0. The average Bonchev–Trinajstić information content (AvgIpc) is 3.87. The van der Waals surface area contributed by atoms with Gasteiger partial charge in [0, 0.05) is 46.4 Å². The Labute approximate surface area is 331 Å². The van der Waals surface area contributed by atoms with Crippen molar-refractivity contribution in [2.24, 2.45) is 0 Å². The van der Waals surface area contributed by atoms with Gasteiger partial charge < -0.3 is 19.2 Å². The summed E-state index contributed by atoms with van der Waals surface area (Å²) in [6, 6.07) is 65.3. The summed E-state index contributed by atoms with van der Waals surface area (Å²) in [6.07, 6.45) is 4.10. The monoisotopic (exact) mass is 734 g/mol. The Morgan fingerprint density at radius 3 is 1.95 bits per heavy atom. The quantitative estimate of drug-likeness (QED) is 0.153. The zero-order valence-corrected chi connectivity index (χ0v) is 30.9. The SMILES string of the molecule is C1=C2B(c3ccccc3)Oc3ccc(Oc4ccc5c6ccccc6n(-c6ccccn6)c5c4)cc3N2CN1c1c(-c2ccccc2)cccc1-c1ccccc1. The van der Waals surface area contributed by atoms with Crippen LogP contribution in [0.3, 0.4) is 0 Å². The molecule has 0 unspecified atom stereocenters. The first-order chi connectivity index (χ1) is 28.3. The van der Waals surface area contributed by atoms with E-state index in [9.17, 15) is 0 Å². The minimum Gasteiger partial charge on any atom is -0.549 e. The van der Waals surface area contributed by atoms with Gasteiger partial charge in [0.1, 0.15) is 23.1 Å². The van der Waals surface area contributed by atoms with Crippen LogP contribution in [0.2, 0.25) is 0 Å². The van der Waals surface area contributed by atoms with Crippen LogP contribution in [0.1, 0.15) is 0 Å². The lowest BCUT2D eigenvalue weighted by Gasteiger charge is -2.34. The Kier molecular flexibility index (Phi) is 7.88. The lowest BCUT2D eigenvalue weighted by molar-refractivity contribution is 0.481. The molecule has 4 heterocycles. The Morgan fingerprint density at radius 2 is 1.21 bits per heavy atom. The normalized spacial score (nSPS) is 13.3. The van der Waals surface area contributed by atoms with Crippen molar-refractivity contribution in [3.05, 3.63) is 206 Å². The molecule has 0 fully saturated rings. The van der Waals surface area contributed by atoms with Gasteiger partial charge in [-0.15, -0.1) is 0 Å². The van der Waals surface area contributed by atoms with Crippen LogP contribution in [0.25, 0.3) is 49.9 Å². The molecule has 0 saturated heterocycles. The van der Waals surface area contributed by atoms with Crippen LogP contribution in [0.5, 0.6) is 17.2 Å². The fourth-order valence-electron chi connectivity index (χ4n) is 8.43. The molecule has 0 radical (unpaired) electrons. The number of benzene rings is 7. The number of anilines is 2. The summed E-state index contributed by atoms with van der Waals surface area (Å²) in [5, 5.41) is 2.32. The maximum Gasteiger partial charge on any atom is 0.445 e. The zero-order chi connectivity index (χ0) is 37.7. The highest BCUT2D eigenvalue weighted by atomic mass is 16.5. The number of rotatable bonds is 7. The van der Waals surface area contributed by atoms with E-state index < -0.39 is 0 Å². The van der Waals surface area contributed by atoms with Crippen molar-refractivity contribution in [2.45, 2.75) is 0 Å². The Balaban J connectivity index is 1.01. The topological polar surface area (TPSA) is 42.8 Å². The zero-order valence-electron chi connectivity index (χ0n) is 30.9. The van der Waals surface area contributed by atoms with Crippen molar-refractivity contribution < 1.29 is 9.39 Å². The van der Waals surface area contributed by atoms with Gasteiger partial charge in [-0.25, -0.2) is 4.98 Å². The second-order valence-corrected chi connectivity index (χ2v) is 14.4. The van der Waals surface area contributed by atoms with E-state index in [-0.39, 0.29) is 6.92 Å². The first kappa shape index (κ1) is 32.9. The first-order valence-electron chi connectivity index (χ1n) is 19.2. The van der Waals surface area contributed by atoms with Crippen molar-refractivity contribution in [2.75, 3.05) is 16.5 Å². The van der Waals surface area contributed by atoms with Crippen LogP contribution < -0.4 is 24.7 Å². The van der Waals surface area contributed by atoms with Crippen LogP contribution >= 0.6 is 0 Å². The molecule has 0 aliphatic carbocycles. The molecule has 2 aliphatic rings. The lowest BCUT2D eigenvalue weighted by atomic mass is 9.57. The molecule has 11 rings (SSSR count). The highest BCUT2D eigenvalue weighted by molar-refractivity contribution is 6.76. The van der Waals surface area contributed by atoms with E-state index in [0.717, 1.165) is 61.9 Å². The largest absolute Gasteiger partial charge is 0.549 e. The minimum atomic E-state index is -0.296. The Hall–Kier alpha value is -7.51. The number of para-hydroxylation sites is 2. The van der Waals surface area contributed by atoms with Crippen molar-refractivity contribution in [1.29, 1.82) is 0 Å². The lowest BCUT2D eigenvalue weighted by Crippen LogP contribution is -2.47. The number of aromatic nitrogens is 2. The maximum absolute atomic E-state index is 6.90. The van der Waals surface area contributed by atoms with E-state index in [4.69, 9.17) is 14.4 Å². The van der Waals surface area contributed by atoms with Crippen molar-refractivity contribution in [1.82, 2.24) is 9.55 Å². The van der Waals surface area contributed by atoms with E-state index in [1.165, 1.54) is 27.6 Å². The third-order valence-corrected chi connectivity index (χ3v) is 11.0. The second-order valence-electron chi connectivity index (χ2n) is 14.4. The number of hydrogen-bond acceptors (Lipinski definition) is 5. The van der Waals surface area contributed by atoms with E-state index in [0.29, 0.717) is 6.67 Å². The van der Waals surface area contributed by atoms with Gasteiger partial charge in [-0.1, -0.05) is 133 Å². The Morgan fingerprint density at radius 1 is 0.561 bits per heavy atom. The third kappa shape index (κ3) is 5.71. The van der Waals surface area contributed by atoms with Gasteiger partial charge in [-0.3, -0.25) is 4.57 Å². The molecule has 0 N–H and O–H groups in total. The number of fused-ring (bicyclic) bond motifs is 6. The van der Waals surface area contributed by atoms with E-state index in [1.54, 1.807) is 0 Å². The Bertz CT molecular complexity index is 2890. The first-order valence-corrected chi connectivity index (χ1v) is 19.2. The summed E-state index contributed by atoms with van der Waals surface area (Å²) in [6.45, 7) is 0.300. The third-order valence-electron chi connectivity index (χ3n) is 11.0. The smallest absolute Gasteiger partial charge is 0.445 e. The molecule has 2 aliphatic heterocycles. The fraction of sp³-hybridized carbons (Fsp3) is 0.0200. The number of ether oxygens (including phenoxy) is 1. The van der Waals surface area contributed by atoms with Crippen LogP contribution in [0.4, 0.5) is 11.4 Å². The molecule has 0 spiro atoms. The number of pyridine rings is 1. The molecule has 0 bridgehead atoms. The van der Waals surface area contributed by atoms with Gasteiger partial charge in [-0.05, 0) is 59.1 Å². The molecular weight excluding hydrogens is 699 g/mol. The van der Waals surface area contributed by atoms with Gasteiger partial charge in [0.15, 0.2) is 0 Å². The second kappa shape index (κ2) is 13.7. The fourth-order valence-corrected chi connectivity index (χ4v) is 8.43. The van der Waals surface area contributed by atoms with Crippen LogP contribution in [-0.2, 0) is 0 Å². The van der Waals surface area contributed by atoms with Gasteiger partial charge in [0.2, 0.25) is 0 Å². The summed E-state index contributed by atoms with van der Waals surface area (Å²) < 4.78 is 15.8. The highest BCUT2D eigenvalue weighted by Gasteiger charge is 2.42.